The quantitative estimate of drug-likeness (QED) is 0.486. The van der Waals surface area contributed by atoms with Crippen molar-refractivity contribution in [3.63, 3.8) is 0 Å². The average Bonchev–Trinajstić information content (AvgIpc) is 2.89. The molecule has 0 atom stereocenters. The molecule has 0 spiro atoms. The minimum Gasteiger partial charge on any atom is -0.495 e. The lowest BCUT2D eigenvalue weighted by Gasteiger charge is -2.33. The predicted molar refractivity (Wildman–Crippen MR) is 135 cm³/mol. The molecule has 2 N–H and O–H groups in total. The van der Waals surface area contributed by atoms with Crippen molar-refractivity contribution in [2.24, 2.45) is 0 Å². The van der Waals surface area contributed by atoms with E-state index in [1.165, 1.54) is 7.11 Å². The van der Waals surface area contributed by atoms with Gasteiger partial charge in [-0.25, -0.2) is 15.0 Å². The fourth-order valence-electron chi connectivity index (χ4n) is 3.61. The summed E-state index contributed by atoms with van der Waals surface area (Å²) in [6.45, 7) is 4.12. The van der Waals surface area contributed by atoms with E-state index in [9.17, 15) is 4.79 Å². The number of hydrogen-bond donors (Lipinski definition) is 2. The van der Waals surface area contributed by atoms with E-state index in [1.54, 1.807) is 37.8 Å². The van der Waals surface area contributed by atoms with Gasteiger partial charge in [0.2, 0.25) is 5.95 Å². The van der Waals surface area contributed by atoms with Crippen LogP contribution in [0.5, 0.6) is 11.5 Å². The first-order chi connectivity index (χ1) is 17.0. The first kappa shape index (κ1) is 24.5. The van der Waals surface area contributed by atoms with E-state index in [0.29, 0.717) is 33.6 Å². The minimum absolute atomic E-state index is 0.119. The molecule has 11 heteroatoms. The highest BCUT2D eigenvalue weighted by molar-refractivity contribution is 6.33. The fraction of sp³-hybridized carbons (Fsp3) is 0.333. The Morgan fingerprint density at radius 1 is 1.09 bits per heavy atom. The number of benzene rings is 1. The molecule has 0 unspecified atom stereocenters. The van der Waals surface area contributed by atoms with Crippen LogP contribution >= 0.6 is 11.6 Å². The summed E-state index contributed by atoms with van der Waals surface area (Å²) >= 11 is 6.39. The Morgan fingerprint density at radius 3 is 2.46 bits per heavy atom. The van der Waals surface area contributed by atoms with Gasteiger partial charge in [-0.3, -0.25) is 4.79 Å². The van der Waals surface area contributed by atoms with Gasteiger partial charge in [0.05, 0.1) is 36.4 Å². The second-order valence-electron chi connectivity index (χ2n) is 8.08. The van der Waals surface area contributed by atoms with E-state index >= 15 is 0 Å². The standard InChI is InChI=1S/C24H28ClN7O3/c1-26-23(33)16-10-17(22(25)20(11-16)34-3)15-35-19-13-28-24(29-14-19)30-18-4-5-21(27-12-18)32-8-6-31(2)7-9-32/h4-5,10-14H,6-9,15H2,1-3H3,(H,26,33)(H,28,29,30). The SMILES string of the molecule is CNC(=O)c1cc(COc2cnc(Nc3ccc(N4CCN(C)CC4)nc3)nc2)c(Cl)c(OC)c1. The number of pyridine rings is 1. The van der Waals surface area contributed by atoms with Gasteiger partial charge < -0.3 is 29.9 Å². The van der Waals surface area contributed by atoms with Crippen LogP contribution in [0.3, 0.4) is 0 Å². The second kappa shape index (κ2) is 11.2. The van der Waals surface area contributed by atoms with E-state index in [1.807, 2.05) is 12.1 Å². The third-order valence-corrected chi connectivity index (χ3v) is 6.11. The van der Waals surface area contributed by atoms with Crippen LogP contribution in [0, 0.1) is 0 Å². The molecule has 1 saturated heterocycles. The number of carbonyl (C=O) groups is 1. The van der Waals surface area contributed by atoms with E-state index in [4.69, 9.17) is 21.1 Å². The number of amides is 1. The Morgan fingerprint density at radius 2 is 1.83 bits per heavy atom. The second-order valence-corrected chi connectivity index (χ2v) is 8.46. The molecule has 1 aliphatic rings. The van der Waals surface area contributed by atoms with E-state index < -0.39 is 0 Å². The molecular formula is C24H28ClN7O3. The first-order valence-electron chi connectivity index (χ1n) is 11.2. The summed E-state index contributed by atoms with van der Waals surface area (Å²) in [5.41, 5.74) is 1.83. The Hall–Kier alpha value is -3.63. The number of nitrogens with zero attached hydrogens (tertiary/aromatic N) is 5. The molecule has 2 aromatic heterocycles. The van der Waals surface area contributed by atoms with Gasteiger partial charge in [-0.05, 0) is 31.3 Å². The summed E-state index contributed by atoms with van der Waals surface area (Å²) in [4.78, 5) is 29.8. The number of aromatic nitrogens is 3. The highest BCUT2D eigenvalue weighted by Gasteiger charge is 2.16. The lowest BCUT2D eigenvalue weighted by molar-refractivity contribution is 0.0962. The van der Waals surface area contributed by atoms with Crippen LogP contribution in [-0.4, -0.2) is 73.1 Å². The lowest BCUT2D eigenvalue weighted by Crippen LogP contribution is -2.44. The average molecular weight is 498 g/mol. The molecule has 4 rings (SSSR count). The van der Waals surface area contributed by atoms with Gasteiger partial charge in [0, 0.05) is 44.4 Å². The zero-order valence-corrected chi connectivity index (χ0v) is 20.7. The number of ether oxygens (including phenoxy) is 2. The van der Waals surface area contributed by atoms with Gasteiger partial charge in [-0.2, -0.15) is 0 Å². The Labute approximate surface area is 209 Å². The van der Waals surface area contributed by atoms with Gasteiger partial charge in [-0.15, -0.1) is 0 Å². The number of methoxy groups -OCH3 is 1. The van der Waals surface area contributed by atoms with Gasteiger partial charge in [0.15, 0.2) is 5.75 Å². The molecule has 184 valence electrons. The number of rotatable bonds is 8. The van der Waals surface area contributed by atoms with Crippen molar-refractivity contribution in [1.29, 1.82) is 0 Å². The Kier molecular flexibility index (Phi) is 7.84. The molecule has 0 radical (unpaired) electrons. The molecule has 1 aromatic carbocycles. The maximum Gasteiger partial charge on any atom is 0.251 e. The van der Waals surface area contributed by atoms with E-state index in [2.05, 4.69) is 42.4 Å². The monoisotopic (exact) mass is 497 g/mol. The number of piperazine rings is 1. The molecule has 1 amide bonds. The van der Waals surface area contributed by atoms with Crippen molar-refractivity contribution in [2.45, 2.75) is 6.61 Å². The molecule has 10 nitrogen and oxygen atoms in total. The van der Waals surface area contributed by atoms with E-state index in [-0.39, 0.29) is 12.5 Å². The maximum atomic E-state index is 12.0. The summed E-state index contributed by atoms with van der Waals surface area (Å²) in [5.74, 6) is 2.00. The number of likely N-dealkylation sites (N-methyl/N-ethyl adjacent to an activating group) is 1. The fourth-order valence-corrected chi connectivity index (χ4v) is 3.85. The molecule has 1 aliphatic heterocycles. The molecule has 35 heavy (non-hydrogen) atoms. The third kappa shape index (κ3) is 6.09. The number of anilines is 3. The van der Waals surface area contributed by atoms with Gasteiger partial charge in [0.1, 0.15) is 18.2 Å². The maximum absolute atomic E-state index is 12.0. The van der Waals surface area contributed by atoms with Gasteiger partial charge in [0.25, 0.3) is 5.91 Å². The van der Waals surface area contributed by atoms with Crippen molar-refractivity contribution in [1.82, 2.24) is 25.2 Å². The number of halogens is 1. The van der Waals surface area contributed by atoms with Crippen LogP contribution in [0.4, 0.5) is 17.5 Å². The third-order valence-electron chi connectivity index (χ3n) is 5.68. The summed E-state index contributed by atoms with van der Waals surface area (Å²) in [6.07, 6.45) is 4.90. The van der Waals surface area contributed by atoms with Crippen molar-refractivity contribution < 1.29 is 14.3 Å². The van der Waals surface area contributed by atoms with Crippen molar-refractivity contribution >= 4 is 35.0 Å². The van der Waals surface area contributed by atoms with Crippen molar-refractivity contribution in [3.8, 4) is 11.5 Å². The number of carbonyl (C=O) groups excluding carboxylic acids is 1. The smallest absolute Gasteiger partial charge is 0.251 e. The lowest BCUT2D eigenvalue weighted by atomic mass is 10.1. The van der Waals surface area contributed by atoms with Crippen LogP contribution in [-0.2, 0) is 6.61 Å². The summed E-state index contributed by atoms with van der Waals surface area (Å²) in [6, 6.07) is 7.21. The predicted octanol–water partition coefficient (Wildman–Crippen LogP) is 2.97. The molecule has 0 aliphatic carbocycles. The molecule has 0 bridgehead atoms. The summed E-state index contributed by atoms with van der Waals surface area (Å²) < 4.78 is 11.1. The van der Waals surface area contributed by atoms with Crippen LogP contribution in [0.25, 0.3) is 0 Å². The largest absolute Gasteiger partial charge is 0.495 e. The van der Waals surface area contributed by atoms with Crippen LogP contribution in [0.15, 0.2) is 42.9 Å². The molecule has 3 heterocycles. The van der Waals surface area contributed by atoms with E-state index in [0.717, 1.165) is 37.7 Å². The van der Waals surface area contributed by atoms with Gasteiger partial charge >= 0.3 is 0 Å². The normalized spacial score (nSPS) is 13.9. The van der Waals surface area contributed by atoms with Crippen molar-refractivity contribution in [3.05, 3.63) is 59.0 Å². The Bertz CT molecular complexity index is 1150. The zero-order valence-electron chi connectivity index (χ0n) is 19.9. The van der Waals surface area contributed by atoms with Crippen LogP contribution in [0.1, 0.15) is 15.9 Å². The summed E-state index contributed by atoms with van der Waals surface area (Å²) in [7, 11) is 5.18. The Balaban J connectivity index is 1.36. The molecular weight excluding hydrogens is 470 g/mol. The number of nitrogens with one attached hydrogen (secondary N) is 2. The van der Waals surface area contributed by atoms with Crippen molar-refractivity contribution in [2.75, 3.05) is 57.6 Å². The first-order valence-corrected chi connectivity index (χ1v) is 11.5. The summed E-state index contributed by atoms with van der Waals surface area (Å²) in [5, 5.41) is 6.11. The highest BCUT2D eigenvalue weighted by atomic mass is 35.5. The number of hydrogen-bond acceptors (Lipinski definition) is 9. The van der Waals surface area contributed by atoms with Crippen LogP contribution < -0.4 is 25.0 Å². The molecule has 3 aromatic rings. The topological polar surface area (TPSA) is 105 Å². The van der Waals surface area contributed by atoms with Gasteiger partial charge in [-0.1, -0.05) is 11.6 Å². The molecule has 1 fully saturated rings. The van der Waals surface area contributed by atoms with Crippen LogP contribution in [0.2, 0.25) is 5.02 Å². The molecule has 0 saturated carbocycles. The highest BCUT2D eigenvalue weighted by Crippen LogP contribution is 2.31. The zero-order chi connectivity index (χ0) is 24.8. The minimum atomic E-state index is -0.244.